The smallest absolute Gasteiger partial charge is 0.0943 e. The van der Waals surface area contributed by atoms with Gasteiger partial charge in [-0.2, -0.15) is 5.48 Å². The molecule has 1 aromatic rings. The number of hydrogen-bond acceptors (Lipinski definition) is 2. The zero-order valence-corrected chi connectivity index (χ0v) is 8.73. The van der Waals surface area contributed by atoms with Crippen molar-refractivity contribution in [1.82, 2.24) is 5.48 Å². The maximum atomic E-state index is 5.35. The van der Waals surface area contributed by atoms with Crippen LogP contribution in [0.5, 0.6) is 0 Å². The minimum absolute atomic E-state index is 0.115. The van der Waals surface area contributed by atoms with Gasteiger partial charge in [-0.05, 0) is 19.4 Å². The summed E-state index contributed by atoms with van der Waals surface area (Å²) in [7, 11) is 0. The molecular formula is C12H17NO. The molecular weight excluding hydrogens is 174 g/mol. The molecule has 0 heterocycles. The van der Waals surface area contributed by atoms with Crippen LogP contribution in [0.15, 0.2) is 42.5 Å². The molecule has 14 heavy (non-hydrogen) atoms. The first-order chi connectivity index (χ1) is 6.83. The van der Waals surface area contributed by atoms with E-state index in [1.807, 2.05) is 44.2 Å². The number of hydrogen-bond donors (Lipinski definition) is 1. The average Bonchev–Trinajstić information content (AvgIpc) is 2.20. The van der Waals surface area contributed by atoms with Gasteiger partial charge in [0.15, 0.2) is 0 Å². The summed E-state index contributed by atoms with van der Waals surface area (Å²) < 4.78 is 0. The van der Waals surface area contributed by atoms with E-state index in [1.165, 1.54) is 5.56 Å². The third kappa shape index (κ3) is 4.21. The van der Waals surface area contributed by atoms with Gasteiger partial charge >= 0.3 is 0 Å². The molecule has 0 fully saturated rings. The summed E-state index contributed by atoms with van der Waals surface area (Å²) in [5.41, 5.74) is 4.16. The monoisotopic (exact) mass is 191 g/mol. The van der Waals surface area contributed by atoms with Crippen molar-refractivity contribution >= 4 is 0 Å². The Morgan fingerprint density at radius 2 is 2.07 bits per heavy atom. The van der Waals surface area contributed by atoms with Crippen molar-refractivity contribution in [1.29, 1.82) is 0 Å². The molecule has 0 aliphatic rings. The van der Waals surface area contributed by atoms with E-state index in [-0.39, 0.29) is 6.10 Å². The lowest BCUT2D eigenvalue weighted by Gasteiger charge is -2.09. The standard InChI is InChI=1S/C12H17NO/c1-3-7-11(2)14-13-10-12-8-5-4-6-9-12/h3-9,11,13H,10H2,1-2H3/b7-3+. The van der Waals surface area contributed by atoms with Crippen molar-refractivity contribution in [2.45, 2.75) is 26.5 Å². The Balaban J connectivity index is 2.22. The van der Waals surface area contributed by atoms with E-state index in [1.54, 1.807) is 0 Å². The van der Waals surface area contributed by atoms with Crippen LogP contribution in [0.4, 0.5) is 0 Å². The maximum absolute atomic E-state index is 5.35. The first-order valence-electron chi connectivity index (χ1n) is 4.88. The molecule has 76 valence electrons. The van der Waals surface area contributed by atoms with Gasteiger partial charge in [0, 0.05) is 6.54 Å². The van der Waals surface area contributed by atoms with Crippen LogP contribution in [0.3, 0.4) is 0 Å². The van der Waals surface area contributed by atoms with E-state index >= 15 is 0 Å². The van der Waals surface area contributed by atoms with Crippen LogP contribution in [0.1, 0.15) is 19.4 Å². The van der Waals surface area contributed by atoms with Crippen LogP contribution in [-0.2, 0) is 11.4 Å². The topological polar surface area (TPSA) is 21.3 Å². The Labute approximate surface area is 85.5 Å². The van der Waals surface area contributed by atoms with Crippen LogP contribution < -0.4 is 5.48 Å². The molecule has 1 aromatic carbocycles. The van der Waals surface area contributed by atoms with Gasteiger partial charge in [0.25, 0.3) is 0 Å². The van der Waals surface area contributed by atoms with Crippen LogP contribution in [0.2, 0.25) is 0 Å². The summed E-state index contributed by atoms with van der Waals surface area (Å²) in [6, 6.07) is 10.2. The highest BCUT2D eigenvalue weighted by atomic mass is 16.7. The highest BCUT2D eigenvalue weighted by Gasteiger charge is 1.95. The second-order valence-electron chi connectivity index (χ2n) is 3.16. The second kappa shape index (κ2) is 6.35. The molecule has 0 aliphatic carbocycles. The zero-order valence-electron chi connectivity index (χ0n) is 8.73. The second-order valence-corrected chi connectivity index (χ2v) is 3.16. The predicted octanol–water partition coefficient (Wildman–Crippen LogP) is 2.67. The minimum Gasteiger partial charge on any atom is -0.294 e. The highest BCUT2D eigenvalue weighted by Crippen LogP contribution is 1.98. The fourth-order valence-electron chi connectivity index (χ4n) is 1.16. The number of hydroxylamine groups is 1. The molecule has 0 radical (unpaired) electrons. The van der Waals surface area contributed by atoms with Crippen molar-refractivity contribution in [3.05, 3.63) is 48.0 Å². The van der Waals surface area contributed by atoms with Gasteiger partial charge in [-0.15, -0.1) is 0 Å². The van der Waals surface area contributed by atoms with Gasteiger partial charge in [0.1, 0.15) is 0 Å². The van der Waals surface area contributed by atoms with Gasteiger partial charge in [-0.25, -0.2) is 0 Å². The molecule has 0 aromatic heterocycles. The van der Waals surface area contributed by atoms with Gasteiger partial charge in [-0.1, -0.05) is 42.5 Å². The molecule has 2 heteroatoms. The van der Waals surface area contributed by atoms with E-state index in [0.29, 0.717) is 0 Å². The fourth-order valence-corrected chi connectivity index (χ4v) is 1.16. The maximum Gasteiger partial charge on any atom is 0.0943 e. The first-order valence-corrected chi connectivity index (χ1v) is 4.88. The predicted molar refractivity (Wildman–Crippen MR) is 58.6 cm³/mol. The molecule has 0 amide bonds. The van der Waals surface area contributed by atoms with Gasteiger partial charge in [0.05, 0.1) is 6.10 Å². The van der Waals surface area contributed by atoms with Gasteiger partial charge < -0.3 is 0 Å². The van der Waals surface area contributed by atoms with E-state index in [0.717, 1.165) is 6.54 Å². The molecule has 1 rings (SSSR count). The molecule has 0 saturated heterocycles. The molecule has 0 spiro atoms. The number of rotatable bonds is 5. The lowest BCUT2D eigenvalue weighted by Crippen LogP contribution is -2.19. The average molecular weight is 191 g/mol. The quantitative estimate of drug-likeness (QED) is 0.570. The van der Waals surface area contributed by atoms with Crippen molar-refractivity contribution in [3.63, 3.8) is 0 Å². The molecule has 1 unspecified atom stereocenters. The van der Waals surface area contributed by atoms with Crippen LogP contribution in [-0.4, -0.2) is 6.10 Å². The summed E-state index contributed by atoms with van der Waals surface area (Å²) in [6.07, 6.45) is 4.09. The Morgan fingerprint density at radius 1 is 1.36 bits per heavy atom. The normalized spacial score (nSPS) is 13.3. The first kappa shape index (κ1) is 11.0. The summed E-state index contributed by atoms with van der Waals surface area (Å²) in [5.74, 6) is 0. The zero-order chi connectivity index (χ0) is 10.2. The van der Waals surface area contributed by atoms with Gasteiger partial charge in [-0.3, -0.25) is 4.84 Å². The highest BCUT2D eigenvalue weighted by molar-refractivity contribution is 5.13. The lowest BCUT2D eigenvalue weighted by molar-refractivity contribution is 0.00579. The number of benzene rings is 1. The minimum atomic E-state index is 0.115. The number of nitrogens with one attached hydrogen (secondary N) is 1. The molecule has 0 saturated carbocycles. The van der Waals surface area contributed by atoms with Crippen LogP contribution in [0, 0.1) is 0 Å². The summed E-state index contributed by atoms with van der Waals surface area (Å²) in [5, 5.41) is 0. The molecule has 1 N–H and O–H groups in total. The third-order valence-electron chi connectivity index (χ3n) is 1.85. The fraction of sp³-hybridized carbons (Fsp3) is 0.333. The van der Waals surface area contributed by atoms with Gasteiger partial charge in [0.2, 0.25) is 0 Å². The third-order valence-corrected chi connectivity index (χ3v) is 1.85. The Bertz CT molecular complexity index is 269. The summed E-state index contributed by atoms with van der Waals surface area (Å²) >= 11 is 0. The van der Waals surface area contributed by atoms with Crippen molar-refractivity contribution in [2.75, 3.05) is 0 Å². The Morgan fingerprint density at radius 3 is 2.71 bits per heavy atom. The summed E-state index contributed by atoms with van der Waals surface area (Å²) in [4.78, 5) is 5.35. The largest absolute Gasteiger partial charge is 0.294 e. The van der Waals surface area contributed by atoms with E-state index in [2.05, 4.69) is 17.6 Å². The Kier molecular flexibility index (Phi) is 4.97. The molecule has 2 nitrogen and oxygen atoms in total. The van der Waals surface area contributed by atoms with E-state index < -0.39 is 0 Å². The van der Waals surface area contributed by atoms with E-state index in [9.17, 15) is 0 Å². The van der Waals surface area contributed by atoms with Crippen LogP contribution >= 0.6 is 0 Å². The molecule has 0 aliphatic heterocycles. The lowest BCUT2D eigenvalue weighted by atomic mass is 10.2. The van der Waals surface area contributed by atoms with Crippen molar-refractivity contribution in [3.8, 4) is 0 Å². The number of allylic oxidation sites excluding steroid dienone is 1. The Hall–Kier alpha value is -1.12. The van der Waals surface area contributed by atoms with E-state index in [4.69, 9.17) is 4.84 Å². The SMILES string of the molecule is C/C=C/C(C)ONCc1ccccc1. The van der Waals surface area contributed by atoms with Crippen molar-refractivity contribution in [2.24, 2.45) is 0 Å². The molecule has 1 atom stereocenters. The van der Waals surface area contributed by atoms with Crippen LogP contribution in [0.25, 0.3) is 0 Å². The molecule has 0 bridgehead atoms. The van der Waals surface area contributed by atoms with Crippen molar-refractivity contribution < 1.29 is 4.84 Å². The summed E-state index contributed by atoms with van der Waals surface area (Å²) in [6.45, 7) is 4.72.